The highest BCUT2D eigenvalue weighted by atomic mass is 16.5. The number of hydrogen-bond acceptors (Lipinski definition) is 7. The van der Waals surface area contributed by atoms with E-state index in [1.165, 1.54) is 0 Å². The molecular weight excluding hydrogens is 374 g/mol. The fraction of sp³-hybridized carbons (Fsp3) is 0.318. The third kappa shape index (κ3) is 3.33. The number of nitrogens with zero attached hydrogens (tertiary/aromatic N) is 1. The number of hydrogen-bond donors (Lipinski definition) is 0. The second kappa shape index (κ2) is 8.34. The predicted molar refractivity (Wildman–Crippen MR) is 111 cm³/mol. The van der Waals surface area contributed by atoms with E-state index in [1.54, 1.807) is 42.7 Å². The number of fused-ring (bicyclic) bond motifs is 1. The highest BCUT2D eigenvalue weighted by Gasteiger charge is 2.22. The van der Waals surface area contributed by atoms with Crippen LogP contribution < -0.4 is 28.4 Å². The number of aryl methyl sites for hydroxylation is 1. The maximum atomic E-state index is 5.63. The lowest BCUT2D eigenvalue weighted by molar-refractivity contribution is 0.325. The first-order valence-electron chi connectivity index (χ1n) is 8.94. The molecule has 0 N–H and O–H groups in total. The Morgan fingerprint density at radius 1 is 0.621 bits per heavy atom. The zero-order valence-electron chi connectivity index (χ0n) is 17.7. The summed E-state index contributed by atoms with van der Waals surface area (Å²) >= 11 is 0. The molecular formula is C22H25NO6. The van der Waals surface area contributed by atoms with Gasteiger partial charge in [-0.1, -0.05) is 0 Å². The molecule has 0 saturated carbocycles. The average molecular weight is 399 g/mol. The lowest BCUT2D eigenvalue weighted by Crippen LogP contribution is -2.00. The van der Waals surface area contributed by atoms with Crippen LogP contribution in [0.4, 0.5) is 0 Å². The summed E-state index contributed by atoms with van der Waals surface area (Å²) in [7, 11) is 9.51. The first-order chi connectivity index (χ1) is 14.0. The third-order valence-electron chi connectivity index (χ3n) is 4.78. The third-order valence-corrected chi connectivity index (χ3v) is 4.78. The summed E-state index contributed by atoms with van der Waals surface area (Å²) in [5.41, 5.74) is 3.19. The number of pyridine rings is 1. The standard InChI is InChI=1S/C22H25NO6/c1-12-10-14(13-8-9-16(24-2)20(27-5)19(13)26-4)23-15-11-17(25-3)21(28-6)22(29-7)18(12)15/h8-11H,1-7H3. The van der Waals surface area contributed by atoms with Gasteiger partial charge in [0.1, 0.15) is 0 Å². The van der Waals surface area contributed by atoms with Crippen LogP contribution >= 0.6 is 0 Å². The van der Waals surface area contributed by atoms with Crippen molar-refractivity contribution in [2.24, 2.45) is 0 Å². The van der Waals surface area contributed by atoms with Gasteiger partial charge in [0.15, 0.2) is 23.0 Å². The summed E-state index contributed by atoms with van der Waals surface area (Å²) in [6.07, 6.45) is 0. The van der Waals surface area contributed by atoms with Gasteiger partial charge in [0.05, 0.1) is 53.9 Å². The molecule has 3 aromatic rings. The molecule has 1 heterocycles. The molecule has 3 rings (SSSR count). The minimum absolute atomic E-state index is 0.511. The smallest absolute Gasteiger partial charge is 0.204 e. The Bertz CT molecular complexity index is 1050. The number of aromatic nitrogens is 1. The van der Waals surface area contributed by atoms with Crippen LogP contribution in [0, 0.1) is 6.92 Å². The topological polar surface area (TPSA) is 68.3 Å². The molecule has 0 bridgehead atoms. The highest BCUT2D eigenvalue weighted by molar-refractivity contribution is 5.95. The first kappa shape index (κ1) is 20.4. The number of benzene rings is 2. The quantitative estimate of drug-likeness (QED) is 0.588. The Morgan fingerprint density at radius 3 is 1.76 bits per heavy atom. The molecule has 0 fully saturated rings. The Balaban J connectivity index is 2.33. The normalized spacial score (nSPS) is 10.6. The van der Waals surface area contributed by atoms with Gasteiger partial charge in [-0.15, -0.1) is 0 Å². The van der Waals surface area contributed by atoms with Crippen molar-refractivity contribution in [3.63, 3.8) is 0 Å². The van der Waals surface area contributed by atoms with E-state index < -0.39 is 0 Å². The van der Waals surface area contributed by atoms with Gasteiger partial charge in [0.2, 0.25) is 11.5 Å². The van der Waals surface area contributed by atoms with Crippen molar-refractivity contribution in [3.05, 3.63) is 29.8 Å². The second-order valence-corrected chi connectivity index (χ2v) is 6.25. The summed E-state index contributed by atoms with van der Waals surface area (Å²) in [6, 6.07) is 7.53. The van der Waals surface area contributed by atoms with Crippen LogP contribution in [0.2, 0.25) is 0 Å². The van der Waals surface area contributed by atoms with E-state index in [0.717, 1.165) is 22.2 Å². The van der Waals surface area contributed by atoms with Gasteiger partial charge in [-0.2, -0.15) is 0 Å². The van der Waals surface area contributed by atoms with Crippen LogP contribution in [-0.2, 0) is 0 Å². The van der Waals surface area contributed by atoms with Gasteiger partial charge in [0, 0.05) is 17.0 Å². The molecule has 0 aliphatic heterocycles. The fourth-order valence-corrected chi connectivity index (χ4v) is 3.49. The van der Waals surface area contributed by atoms with Gasteiger partial charge in [-0.3, -0.25) is 0 Å². The van der Waals surface area contributed by atoms with Crippen molar-refractivity contribution in [1.82, 2.24) is 4.98 Å². The number of rotatable bonds is 7. The number of ether oxygens (including phenoxy) is 6. The van der Waals surface area contributed by atoms with Crippen LogP contribution in [0.1, 0.15) is 5.56 Å². The zero-order chi connectivity index (χ0) is 21.1. The largest absolute Gasteiger partial charge is 0.493 e. The van der Waals surface area contributed by atoms with Gasteiger partial charge < -0.3 is 28.4 Å². The molecule has 0 unspecified atom stereocenters. The first-order valence-corrected chi connectivity index (χ1v) is 8.94. The molecule has 7 nitrogen and oxygen atoms in total. The van der Waals surface area contributed by atoms with E-state index in [9.17, 15) is 0 Å². The van der Waals surface area contributed by atoms with Crippen LogP contribution in [-0.4, -0.2) is 47.6 Å². The van der Waals surface area contributed by atoms with E-state index >= 15 is 0 Å². The summed E-state index contributed by atoms with van der Waals surface area (Å²) < 4.78 is 33.1. The maximum Gasteiger partial charge on any atom is 0.204 e. The van der Waals surface area contributed by atoms with Gasteiger partial charge >= 0.3 is 0 Å². The molecule has 0 aliphatic rings. The van der Waals surface area contributed by atoms with Crippen LogP contribution in [0.5, 0.6) is 34.5 Å². The van der Waals surface area contributed by atoms with Crippen LogP contribution in [0.25, 0.3) is 22.2 Å². The van der Waals surface area contributed by atoms with Crippen LogP contribution in [0.15, 0.2) is 24.3 Å². The molecule has 7 heteroatoms. The van der Waals surface area contributed by atoms with Gasteiger partial charge in [-0.25, -0.2) is 4.98 Å². The monoisotopic (exact) mass is 399 g/mol. The summed E-state index contributed by atoms with van der Waals surface area (Å²) in [4.78, 5) is 4.85. The van der Waals surface area contributed by atoms with Crippen molar-refractivity contribution >= 4 is 10.9 Å². The van der Waals surface area contributed by atoms with E-state index in [4.69, 9.17) is 33.4 Å². The lowest BCUT2D eigenvalue weighted by Gasteiger charge is -2.18. The zero-order valence-corrected chi connectivity index (χ0v) is 17.7. The molecule has 0 saturated heterocycles. The van der Waals surface area contributed by atoms with E-state index in [1.807, 2.05) is 31.2 Å². The van der Waals surface area contributed by atoms with Crippen molar-refractivity contribution in [2.75, 3.05) is 42.7 Å². The predicted octanol–water partition coefficient (Wildman–Crippen LogP) is 4.26. The Kier molecular flexibility index (Phi) is 5.87. The van der Waals surface area contributed by atoms with Crippen LogP contribution in [0.3, 0.4) is 0 Å². The van der Waals surface area contributed by atoms with E-state index in [0.29, 0.717) is 40.0 Å². The molecule has 29 heavy (non-hydrogen) atoms. The maximum absolute atomic E-state index is 5.63. The summed E-state index contributed by atoms with van der Waals surface area (Å²) in [5, 5.41) is 0.855. The van der Waals surface area contributed by atoms with Crippen molar-refractivity contribution < 1.29 is 28.4 Å². The van der Waals surface area contributed by atoms with Gasteiger partial charge in [0.25, 0.3) is 0 Å². The minimum Gasteiger partial charge on any atom is -0.493 e. The Morgan fingerprint density at radius 2 is 1.21 bits per heavy atom. The lowest BCUT2D eigenvalue weighted by atomic mass is 10.0. The minimum atomic E-state index is 0.511. The molecule has 154 valence electrons. The molecule has 0 atom stereocenters. The van der Waals surface area contributed by atoms with E-state index in [2.05, 4.69) is 0 Å². The average Bonchev–Trinajstić information content (AvgIpc) is 2.75. The molecule has 0 amide bonds. The molecule has 1 aromatic heterocycles. The Labute approximate surface area is 170 Å². The molecule has 0 spiro atoms. The van der Waals surface area contributed by atoms with Crippen molar-refractivity contribution in [3.8, 4) is 45.8 Å². The SMILES string of the molecule is COc1ccc(-c2cc(C)c3c(OC)c(OC)c(OC)cc3n2)c(OC)c1OC. The summed E-state index contributed by atoms with van der Waals surface area (Å²) in [5.74, 6) is 3.29. The fourth-order valence-electron chi connectivity index (χ4n) is 3.49. The molecule has 0 radical (unpaired) electrons. The Hall–Kier alpha value is -3.35. The number of methoxy groups -OCH3 is 6. The van der Waals surface area contributed by atoms with Gasteiger partial charge in [-0.05, 0) is 30.7 Å². The van der Waals surface area contributed by atoms with E-state index in [-0.39, 0.29) is 0 Å². The second-order valence-electron chi connectivity index (χ2n) is 6.25. The van der Waals surface area contributed by atoms with Crippen molar-refractivity contribution in [1.29, 1.82) is 0 Å². The highest BCUT2D eigenvalue weighted by Crippen LogP contribution is 2.47. The summed E-state index contributed by atoms with van der Waals surface area (Å²) in [6.45, 7) is 2.00. The molecule has 0 aliphatic carbocycles. The van der Waals surface area contributed by atoms with Crippen molar-refractivity contribution in [2.45, 2.75) is 6.92 Å². The molecule has 2 aromatic carbocycles.